The molecule has 0 fully saturated rings. The Morgan fingerprint density at radius 2 is 1.79 bits per heavy atom. The van der Waals surface area contributed by atoms with E-state index in [0.717, 1.165) is 0 Å². The molecule has 1 aromatic carbocycles. The van der Waals surface area contributed by atoms with Crippen LogP contribution in [0, 0.1) is 10.1 Å². The van der Waals surface area contributed by atoms with E-state index in [1.165, 1.54) is 6.07 Å². The monoisotopic (exact) mass is 265 g/mol. The van der Waals surface area contributed by atoms with Crippen LogP contribution >= 0.6 is 0 Å². The molecule has 0 heterocycles. The number of hydrogen-bond acceptors (Lipinski definition) is 4. The second-order valence-electron chi connectivity index (χ2n) is 5.65. The van der Waals surface area contributed by atoms with Crippen LogP contribution in [0.4, 0.5) is 5.69 Å². The highest BCUT2D eigenvalue weighted by molar-refractivity contribution is 6.67. The molecule has 0 aliphatic carbocycles. The molecule has 0 saturated heterocycles. The van der Waals surface area contributed by atoms with Crippen LogP contribution in [0.1, 0.15) is 27.7 Å². The highest BCUT2D eigenvalue weighted by atomic mass is 16.6. The smallest absolute Gasteiger partial charge is 0.331 e. The van der Waals surface area contributed by atoms with Crippen LogP contribution in [0.15, 0.2) is 24.3 Å². The van der Waals surface area contributed by atoms with E-state index in [1.54, 1.807) is 52.7 Å². The quantitative estimate of drug-likeness (QED) is 0.502. The third kappa shape index (κ3) is 3.55. The van der Waals surface area contributed by atoms with E-state index in [-0.39, 0.29) is 5.69 Å². The van der Waals surface area contributed by atoms with Crippen molar-refractivity contribution in [2.75, 3.05) is 0 Å². The van der Waals surface area contributed by atoms with Gasteiger partial charge >= 0.3 is 6.92 Å². The fourth-order valence-electron chi connectivity index (χ4n) is 1.65. The lowest BCUT2D eigenvalue weighted by atomic mass is 9.61. The van der Waals surface area contributed by atoms with E-state index >= 15 is 0 Å². The SMILES string of the molecule is CB(OC(C)(C)C(C)(C)O)c1ccccc1[N+](=O)[O-]. The zero-order valence-corrected chi connectivity index (χ0v) is 12.0. The predicted octanol–water partition coefficient (Wildman–Crippen LogP) is 1.99. The van der Waals surface area contributed by atoms with Gasteiger partial charge in [-0.05, 0) is 27.7 Å². The van der Waals surface area contributed by atoms with Gasteiger partial charge in [0.1, 0.15) is 0 Å². The minimum absolute atomic E-state index is 0.0292. The van der Waals surface area contributed by atoms with Crippen molar-refractivity contribution in [3.8, 4) is 0 Å². The Hall–Kier alpha value is -1.40. The van der Waals surface area contributed by atoms with Crippen molar-refractivity contribution in [2.45, 2.75) is 45.7 Å². The summed E-state index contributed by atoms with van der Waals surface area (Å²) >= 11 is 0. The molecule has 1 aromatic rings. The van der Waals surface area contributed by atoms with Gasteiger partial charge in [-0.25, -0.2) is 0 Å². The van der Waals surface area contributed by atoms with E-state index < -0.39 is 23.0 Å². The maximum Gasteiger partial charge on any atom is 0.331 e. The lowest BCUT2D eigenvalue weighted by Crippen LogP contribution is -2.52. The van der Waals surface area contributed by atoms with Crippen molar-refractivity contribution in [2.24, 2.45) is 0 Å². The minimum atomic E-state index is -1.05. The van der Waals surface area contributed by atoms with Gasteiger partial charge in [-0.3, -0.25) is 10.1 Å². The minimum Gasteiger partial charge on any atom is -0.423 e. The summed E-state index contributed by atoms with van der Waals surface area (Å²) in [5.74, 6) is 0. The van der Waals surface area contributed by atoms with E-state index in [1.807, 2.05) is 0 Å². The molecule has 0 aliphatic rings. The Labute approximate surface area is 113 Å². The zero-order chi connectivity index (χ0) is 14.8. The van der Waals surface area contributed by atoms with E-state index in [4.69, 9.17) is 4.65 Å². The largest absolute Gasteiger partial charge is 0.423 e. The standard InChI is InChI=1S/C13H20BNO4/c1-12(2,16)13(3,4)19-14(5)10-8-6-7-9-11(10)15(17)18/h6-9,16H,1-5H3. The molecular weight excluding hydrogens is 245 g/mol. The third-order valence-electron chi connectivity index (χ3n) is 3.52. The molecule has 0 bridgehead atoms. The molecule has 0 radical (unpaired) electrons. The number of nitro groups is 1. The molecule has 0 atom stereocenters. The summed E-state index contributed by atoms with van der Waals surface area (Å²) in [5, 5.41) is 21.1. The van der Waals surface area contributed by atoms with Crippen LogP contribution in [-0.4, -0.2) is 28.1 Å². The summed E-state index contributed by atoms with van der Waals surface area (Å²) in [6.45, 7) is 8.09. The first-order valence-electron chi connectivity index (χ1n) is 6.20. The van der Waals surface area contributed by atoms with Crippen molar-refractivity contribution in [1.82, 2.24) is 0 Å². The van der Waals surface area contributed by atoms with Crippen LogP contribution in [-0.2, 0) is 4.65 Å². The second-order valence-corrected chi connectivity index (χ2v) is 5.65. The van der Waals surface area contributed by atoms with Crippen molar-refractivity contribution in [3.63, 3.8) is 0 Å². The highest BCUT2D eigenvalue weighted by Crippen LogP contribution is 2.26. The molecule has 0 saturated carbocycles. The molecule has 19 heavy (non-hydrogen) atoms. The first kappa shape index (κ1) is 15.7. The number of benzene rings is 1. The Kier molecular flexibility index (Phi) is 4.37. The van der Waals surface area contributed by atoms with Gasteiger partial charge in [0.2, 0.25) is 0 Å². The van der Waals surface area contributed by atoms with Gasteiger partial charge in [-0.2, -0.15) is 0 Å². The summed E-state index contributed by atoms with van der Waals surface area (Å²) in [6.07, 6.45) is 0. The average molecular weight is 265 g/mol. The molecule has 1 N–H and O–H groups in total. The lowest BCUT2D eigenvalue weighted by molar-refractivity contribution is -0.383. The number of nitrogens with zero attached hydrogens (tertiary/aromatic N) is 1. The summed E-state index contributed by atoms with van der Waals surface area (Å²) in [4.78, 5) is 10.6. The van der Waals surface area contributed by atoms with Gasteiger partial charge in [0.05, 0.1) is 16.1 Å². The van der Waals surface area contributed by atoms with Crippen LogP contribution in [0.5, 0.6) is 0 Å². The molecule has 104 valence electrons. The van der Waals surface area contributed by atoms with Crippen LogP contribution in [0.3, 0.4) is 0 Å². The molecule has 0 unspecified atom stereocenters. The predicted molar refractivity (Wildman–Crippen MR) is 75.8 cm³/mol. The fraction of sp³-hybridized carbons (Fsp3) is 0.538. The molecule has 1 rings (SSSR count). The first-order valence-corrected chi connectivity index (χ1v) is 6.20. The van der Waals surface area contributed by atoms with E-state index in [0.29, 0.717) is 5.46 Å². The molecular formula is C13H20BNO4. The molecule has 0 amide bonds. The zero-order valence-electron chi connectivity index (χ0n) is 12.0. The maximum atomic E-state index is 11.0. The topological polar surface area (TPSA) is 72.6 Å². The molecule has 0 spiro atoms. The molecule has 6 heteroatoms. The number of aliphatic hydroxyl groups is 1. The Balaban J connectivity index is 3.03. The number of hydrogen-bond donors (Lipinski definition) is 1. The van der Waals surface area contributed by atoms with Crippen molar-refractivity contribution in [1.29, 1.82) is 0 Å². The fourth-order valence-corrected chi connectivity index (χ4v) is 1.65. The van der Waals surface area contributed by atoms with Gasteiger partial charge in [-0.1, -0.05) is 25.0 Å². The molecule has 0 aromatic heterocycles. The number of rotatable bonds is 5. The summed E-state index contributed by atoms with van der Waals surface area (Å²) in [6, 6.07) is 6.48. The van der Waals surface area contributed by atoms with E-state index in [9.17, 15) is 15.2 Å². The summed E-state index contributed by atoms with van der Waals surface area (Å²) < 4.78 is 5.82. The summed E-state index contributed by atoms with van der Waals surface area (Å²) in [5.41, 5.74) is -1.34. The highest BCUT2D eigenvalue weighted by Gasteiger charge is 2.39. The Bertz CT molecular complexity index is 468. The van der Waals surface area contributed by atoms with Crippen LogP contribution in [0.2, 0.25) is 6.82 Å². The van der Waals surface area contributed by atoms with E-state index in [2.05, 4.69) is 0 Å². The van der Waals surface area contributed by atoms with Gasteiger partial charge in [0, 0.05) is 11.5 Å². The summed E-state index contributed by atoms with van der Waals surface area (Å²) in [7, 11) is 0. The number of para-hydroxylation sites is 1. The first-order chi connectivity index (χ1) is 8.56. The molecule has 0 aliphatic heterocycles. The van der Waals surface area contributed by atoms with Crippen LogP contribution < -0.4 is 5.46 Å². The van der Waals surface area contributed by atoms with Gasteiger partial charge in [0.15, 0.2) is 0 Å². The Morgan fingerprint density at radius 3 is 2.26 bits per heavy atom. The number of nitro benzene ring substituents is 1. The van der Waals surface area contributed by atoms with Crippen molar-refractivity contribution >= 4 is 18.1 Å². The van der Waals surface area contributed by atoms with Gasteiger partial charge in [0.25, 0.3) is 5.69 Å². The van der Waals surface area contributed by atoms with Crippen LogP contribution in [0.25, 0.3) is 0 Å². The maximum absolute atomic E-state index is 11.0. The average Bonchev–Trinajstić information content (AvgIpc) is 2.26. The third-order valence-corrected chi connectivity index (χ3v) is 3.52. The Morgan fingerprint density at radius 1 is 1.26 bits per heavy atom. The molecule has 5 nitrogen and oxygen atoms in total. The lowest BCUT2D eigenvalue weighted by Gasteiger charge is -2.39. The van der Waals surface area contributed by atoms with Crippen molar-refractivity contribution in [3.05, 3.63) is 34.4 Å². The van der Waals surface area contributed by atoms with Crippen molar-refractivity contribution < 1.29 is 14.7 Å². The second kappa shape index (κ2) is 5.31. The normalized spacial score (nSPS) is 12.3. The van der Waals surface area contributed by atoms with Gasteiger partial charge in [-0.15, -0.1) is 0 Å². The van der Waals surface area contributed by atoms with Gasteiger partial charge < -0.3 is 9.76 Å².